The van der Waals surface area contributed by atoms with Gasteiger partial charge >= 0.3 is 5.97 Å². The summed E-state index contributed by atoms with van der Waals surface area (Å²) in [5.41, 5.74) is 2.31. The molecule has 1 aromatic heterocycles. The predicted octanol–water partition coefficient (Wildman–Crippen LogP) is 4.05. The fraction of sp³-hybridized carbons (Fsp3) is 0.750. The number of imidazole rings is 1. The first-order valence-electron chi connectivity index (χ1n) is 7.93. The number of aromatic nitrogens is 2. The molecule has 0 bridgehead atoms. The summed E-state index contributed by atoms with van der Waals surface area (Å²) in [6.45, 7) is 8.35. The molecule has 1 atom stereocenters. The van der Waals surface area contributed by atoms with Gasteiger partial charge in [0.1, 0.15) is 5.25 Å². The van der Waals surface area contributed by atoms with E-state index in [2.05, 4.69) is 16.5 Å². The highest BCUT2D eigenvalue weighted by Crippen LogP contribution is 2.35. The van der Waals surface area contributed by atoms with Gasteiger partial charge in [0.05, 0.1) is 12.3 Å². The van der Waals surface area contributed by atoms with Crippen molar-refractivity contribution in [1.29, 1.82) is 0 Å². The molecule has 1 unspecified atom stereocenters. The van der Waals surface area contributed by atoms with E-state index in [1.165, 1.54) is 49.6 Å². The topological polar surface area (TPSA) is 44.1 Å². The second-order valence-electron chi connectivity index (χ2n) is 5.74. The normalized spacial score (nSPS) is 17.7. The van der Waals surface area contributed by atoms with Crippen molar-refractivity contribution in [1.82, 2.24) is 9.55 Å². The molecule has 0 aliphatic heterocycles. The molecule has 0 radical (unpaired) electrons. The lowest BCUT2D eigenvalue weighted by atomic mass is 9.95. The van der Waals surface area contributed by atoms with Gasteiger partial charge in [0.2, 0.25) is 0 Å². The van der Waals surface area contributed by atoms with E-state index in [1.807, 2.05) is 20.8 Å². The number of carbonyl (C=O) groups is 1. The maximum atomic E-state index is 11.8. The van der Waals surface area contributed by atoms with Gasteiger partial charge < -0.3 is 9.30 Å². The lowest BCUT2D eigenvalue weighted by Crippen LogP contribution is -2.19. The average molecular weight is 310 g/mol. The highest BCUT2D eigenvalue weighted by molar-refractivity contribution is 8.00. The second-order valence-corrected chi connectivity index (χ2v) is 7.05. The Morgan fingerprint density at radius 1 is 1.38 bits per heavy atom. The molecule has 0 spiro atoms. The molecule has 1 aromatic rings. The molecule has 0 amide bonds. The highest BCUT2D eigenvalue weighted by Gasteiger charge is 2.25. The number of hydrogen-bond acceptors (Lipinski definition) is 4. The summed E-state index contributed by atoms with van der Waals surface area (Å²) in [4.78, 5) is 16.5. The zero-order valence-electron chi connectivity index (χ0n) is 13.5. The van der Waals surface area contributed by atoms with E-state index in [1.54, 1.807) is 0 Å². The van der Waals surface area contributed by atoms with Crippen LogP contribution in [-0.4, -0.2) is 27.4 Å². The number of thioether (sulfide) groups is 1. The van der Waals surface area contributed by atoms with E-state index in [0.29, 0.717) is 12.6 Å². The molecule has 0 N–H and O–H groups in total. The monoisotopic (exact) mass is 310 g/mol. The molecule has 1 aliphatic rings. The molecule has 4 nitrogen and oxygen atoms in total. The minimum atomic E-state index is -0.214. The molecule has 1 fully saturated rings. The van der Waals surface area contributed by atoms with Crippen molar-refractivity contribution in [3.63, 3.8) is 0 Å². The van der Waals surface area contributed by atoms with Crippen molar-refractivity contribution >= 4 is 17.7 Å². The second kappa shape index (κ2) is 7.34. The molecule has 0 saturated heterocycles. The number of carbonyl (C=O) groups excluding carboxylic acids is 1. The summed E-state index contributed by atoms with van der Waals surface area (Å²) in [6, 6.07) is 0.539. The van der Waals surface area contributed by atoms with Gasteiger partial charge in [-0.3, -0.25) is 4.79 Å². The third-order valence-electron chi connectivity index (χ3n) is 4.19. The molecule has 118 valence electrons. The minimum absolute atomic E-state index is 0.156. The van der Waals surface area contributed by atoms with E-state index in [9.17, 15) is 4.79 Å². The molecule has 2 rings (SSSR count). The number of hydrogen-bond donors (Lipinski definition) is 0. The average Bonchev–Trinajstić information content (AvgIpc) is 2.75. The first-order valence-corrected chi connectivity index (χ1v) is 8.81. The zero-order chi connectivity index (χ0) is 15.4. The van der Waals surface area contributed by atoms with Gasteiger partial charge in [-0.15, -0.1) is 0 Å². The Kier molecular flexibility index (Phi) is 5.73. The third kappa shape index (κ3) is 3.82. The van der Waals surface area contributed by atoms with Crippen LogP contribution in [-0.2, 0) is 9.53 Å². The Labute approximate surface area is 131 Å². The smallest absolute Gasteiger partial charge is 0.319 e. The summed E-state index contributed by atoms with van der Waals surface area (Å²) >= 11 is 1.52. The van der Waals surface area contributed by atoms with Crippen molar-refractivity contribution in [3.05, 3.63) is 11.4 Å². The van der Waals surface area contributed by atoms with Crippen molar-refractivity contribution in [2.45, 2.75) is 76.2 Å². The molecule has 21 heavy (non-hydrogen) atoms. The van der Waals surface area contributed by atoms with Gasteiger partial charge in [-0.05, 0) is 40.5 Å². The Bertz CT molecular complexity index is 493. The van der Waals surface area contributed by atoms with Crippen LogP contribution in [0.3, 0.4) is 0 Å². The minimum Gasteiger partial charge on any atom is -0.465 e. The van der Waals surface area contributed by atoms with Crippen LogP contribution in [0.5, 0.6) is 0 Å². The van der Waals surface area contributed by atoms with Crippen LogP contribution in [0.15, 0.2) is 5.16 Å². The first kappa shape index (κ1) is 16.4. The molecular weight excluding hydrogens is 284 g/mol. The summed E-state index contributed by atoms with van der Waals surface area (Å²) in [5, 5.41) is 0.756. The zero-order valence-corrected chi connectivity index (χ0v) is 14.3. The Balaban J connectivity index is 2.18. The number of aryl methyl sites for hydroxylation is 1. The molecule has 1 heterocycles. The van der Waals surface area contributed by atoms with E-state index in [0.717, 1.165) is 10.9 Å². The lowest BCUT2D eigenvalue weighted by Gasteiger charge is -2.26. The Morgan fingerprint density at radius 2 is 2.05 bits per heavy atom. The molecule has 1 saturated carbocycles. The van der Waals surface area contributed by atoms with Crippen LogP contribution < -0.4 is 0 Å². The van der Waals surface area contributed by atoms with Gasteiger partial charge in [0.15, 0.2) is 5.16 Å². The summed E-state index contributed by atoms with van der Waals surface area (Å²) in [7, 11) is 0. The van der Waals surface area contributed by atoms with E-state index >= 15 is 0 Å². The Hall–Kier alpha value is -0.970. The fourth-order valence-electron chi connectivity index (χ4n) is 2.91. The first-order chi connectivity index (χ1) is 10.0. The molecule has 1 aliphatic carbocycles. The van der Waals surface area contributed by atoms with Crippen LogP contribution in [0.2, 0.25) is 0 Å². The standard InChI is InChI=1S/C16H26N2O2S/c1-5-20-15(19)13(4)21-16-17-11(2)12(3)18(16)14-9-7-6-8-10-14/h13-14H,5-10H2,1-4H3. The maximum absolute atomic E-state index is 11.8. The highest BCUT2D eigenvalue weighted by atomic mass is 32.2. The van der Waals surface area contributed by atoms with Crippen molar-refractivity contribution in [2.24, 2.45) is 0 Å². The van der Waals surface area contributed by atoms with Crippen LogP contribution in [0, 0.1) is 13.8 Å². The fourth-order valence-corrected chi connectivity index (χ4v) is 3.98. The van der Waals surface area contributed by atoms with E-state index in [-0.39, 0.29) is 11.2 Å². The van der Waals surface area contributed by atoms with Gasteiger partial charge in [-0.2, -0.15) is 0 Å². The summed E-state index contributed by atoms with van der Waals surface area (Å²) in [6.07, 6.45) is 6.36. The van der Waals surface area contributed by atoms with Gasteiger partial charge in [0.25, 0.3) is 0 Å². The van der Waals surface area contributed by atoms with Crippen LogP contribution in [0.25, 0.3) is 0 Å². The van der Waals surface area contributed by atoms with Crippen LogP contribution in [0.1, 0.15) is 63.4 Å². The van der Waals surface area contributed by atoms with Gasteiger partial charge in [-0.25, -0.2) is 4.98 Å². The SMILES string of the molecule is CCOC(=O)C(C)Sc1nc(C)c(C)n1C1CCCCC1. The van der Waals surface area contributed by atoms with E-state index in [4.69, 9.17) is 4.74 Å². The molecular formula is C16H26N2O2S. The van der Waals surface area contributed by atoms with E-state index < -0.39 is 0 Å². The summed E-state index contributed by atoms with van der Waals surface area (Å²) < 4.78 is 7.46. The maximum Gasteiger partial charge on any atom is 0.319 e. The van der Waals surface area contributed by atoms with Gasteiger partial charge in [0, 0.05) is 11.7 Å². The van der Waals surface area contributed by atoms with Crippen molar-refractivity contribution in [2.75, 3.05) is 6.61 Å². The van der Waals surface area contributed by atoms with Crippen LogP contribution >= 0.6 is 11.8 Å². The number of nitrogens with zero attached hydrogens (tertiary/aromatic N) is 2. The summed E-state index contributed by atoms with van der Waals surface area (Å²) in [5.74, 6) is -0.156. The molecule has 5 heteroatoms. The van der Waals surface area contributed by atoms with Gasteiger partial charge in [-0.1, -0.05) is 31.0 Å². The van der Waals surface area contributed by atoms with Crippen molar-refractivity contribution < 1.29 is 9.53 Å². The van der Waals surface area contributed by atoms with Crippen molar-refractivity contribution in [3.8, 4) is 0 Å². The van der Waals surface area contributed by atoms with Crippen LogP contribution in [0.4, 0.5) is 0 Å². The largest absolute Gasteiger partial charge is 0.465 e. The number of esters is 1. The quantitative estimate of drug-likeness (QED) is 0.608. The number of rotatable bonds is 5. The third-order valence-corrected chi connectivity index (χ3v) is 5.24. The Morgan fingerprint density at radius 3 is 2.67 bits per heavy atom. The molecule has 0 aromatic carbocycles. The predicted molar refractivity (Wildman–Crippen MR) is 85.8 cm³/mol. The number of ether oxygens (including phenoxy) is 1. The lowest BCUT2D eigenvalue weighted by molar-refractivity contribution is -0.142.